The molecule has 128 valence electrons. The lowest BCUT2D eigenvalue weighted by Gasteiger charge is -2.32. The van der Waals surface area contributed by atoms with E-state index in [4.69, 9.17) is 5.11 Å². The molecule has 0 unspecified atom stereocenters. The lowest BCUT2D eigenvalue weighted by Crippen LogP contribution is -2.39. The van der Waals surface area contributed by atoms with E-state index in [9.17, 15) is 4.79 Å². The fraction of sp³-hybridized carbons (Fsp3) is 0.471. The van der Waals surface area contributed by atoms with Gasteiger partial charge in [-0.15, -0.1) is 11.8 Å². The summed E-state index contributed by atoms with van der Waals surface area (Å²) >= 11 is 1.50. The van der Waals surface area contributed by atoms with Crippen molar-refractivity contribution in [3.05, 3.63) is 41.9 Å². The molecule has 1 aliphatic heterocycles. The van der Waals surface area contributed by atoms with Crippen molar-refractivity contribution in [3.8, 4) is 0 Å². The van der Waals surface area contributed by atoms with Crippen molar-refractivity contribution in [2.45, 2.75) is 30.3 Å². The van der Waals surface area contributed by atoms with Gasteiger partial charge in [0.15, 0.2) is 0 Å². The number of nitrogens with zero attached hydrogens (tertiary/aromatic N) is 4. The third-order valence-corrected chi connectivity index (χ3v) is 5.02. The highest BCUT2D eigenvalue weighted by Crippen LogP contribution is 2.28. The van der Waals surface area contributed by atoms with Gasteiger partial charge < -0.3 is 10.0 Å². The number of aromatic nitrogens is 3. The number of rotatable bonds is 5. The predicted octanol–water partition coefficient (Wildman–Crippen LogP) is 2.01. The van der Waals surface area contributed by atoms with E-state index in [2.05, 4.69) is 10.1 Å². The molecule has 0 aromatic carbocycles. The third kappa shape index (κ3) is 3.62. The van der Waals surface area contributed by atoms with Crippen LogP contribution in [0.4, 0.5) is 0 Å². The number of piperidine rings is 1. The van der Waals surface area contributed by atoms with Gasteiger partial charge in [0.1, 0.15) is 5.03 Å². The zero-order valence-corrected chi connectivity index (χ0v) is 14.6. The molecule has 1 N–H and O–H groups in total. The number of likely N-dealkylation sites (tertiary alicyclic amines) is 1. The monoisotopic (exact) mass is 346 g/mol. The summed E-state index contributed by atoms with van der Waals surface area (Å²) < 4.78 is 1.75. The average Bonchev–Trinajstić information content (AvgIpc) is 3.10. The molecule has 1 amide bonds. The number of aliphatic hydroxyl groups is 1. The molecule has 1 atom stereocenters. The first-order valence-corrected chi connectivity index (χ1v) is 9.38. The summed E-state index contributed by atoms with van der Waals surface area (Å²) in [4.78, 5) is 19.1. The van der Waals surface area contributed by atoms with Crippen molar-refractivity contribution in [1.29, 1.82) is 0 Å². The molecule has 7 heteroatoms. The molecule has 6 nitrogen and oxygen atoms in total. The number of pyridine rings is 1. The minimum absolute atomic E-state index is 0.0481. The summed E-state index contributed by atoms with van der Waals surface area (Å²) in [5.74, 6) is 0.295. The minimum Gasteiger partial charge on any atom is -0.394 e. The number of hydrogen-bond donors (Lipinski definition) is 1. The van der Waals surface area contributed by atoms with Crippen LogP contribution in [0.2, 0.25) is 0 Å². The zero-order valence-electron chi connectivity index (χ0n) is 13.8. The first-order chi connectivity index (χ1) is 11.7. The number of aliphatic hydroxyl groups excluding tert-OH is 1. The van der Waals surface area contributed by atoms with E-state index in [1.54, 1.807) is 10.9 Å². The predicted molar refractivity (Wildman–Crippen MR) is 93.2 cm³/mol. The van der Waals surface area contributed by atoms with Gasteiger partial charge in [-0.2, -0.15) is 5.10 Å². The van der Waals surface area contributed by atoms with E-state index in [1.165, 1.54) is 11.8 Å². The van der Waals surface area contributed by atoms with Gasteiger partial charge in [0.2, 0.25) is 0 Å². The maximum atomic E-state index is 12.9. The quantitative estimate of drug-likeness (QED) is 0.839. The highest BCUT2D eigenvalue weighted by Gasteiger charge is 2.28. The summed E-state index contributed by atoms with van der Waals surface area (Å²) in [5.41, 5.74) is 1.67. The first kappa shape index (κ1) is 17.0. The van der Waals surface area contributed by atoms with Crippen molar-refractivity contribution < 1.29 is 9.90 Å². The standard InChI is InChI=1S/C17H22N4O2S/c1-24-16-14(5-2-7-18-16)17(23)20-8-3-4-13(12-20)15-6-9-21(19-15)10-11-22/h2,5-7,9,13,22H,3-4,8,10-12H2,1H3/t13-/m1/s1. The van der Waals surface area contributed by atoms with E-state index in [1.807, 2.05) is 35.6 Å². The number of carbonyl (C=O) groups is 1. The van der Waals surface area contributed by atoms with Gasteiger partial charge in [-0.05, 0) is 37.3 Å². The van der Waals surface area contributed by atoms with Crippen LogP contribution in [0.15, 0.2) is 35.6 Å². The van der Waals surface area contributed by atoms with Gasteiger partial charge in [0, 0.05) is 31.4 Å². The summed E-state index contributed by atoms with van der Waals surface area (Å²) in [5, 5.41) is 14.3. The Morgan fingerprint density at radius 3 is 3.12 bits per heavy atom. The second-order valence-electron chi connectivity index (χ2n) is 5.88. The third-order valence-electron chi connectivity index (χ3n) is 4.31. The molecule has 2 aromatic rings. The van der Waals surface area contributed by atoms with Crippen LogP contribution in [-0.2, 0) is 6.54 Å². The second kappa shape index (κ2) is 7.81. The molecule has 3 rings (SSSR count). The lowest BCUT2D eigenvalue weighted by atomic mass is 9.94. The van der Waals surface area contributed by atoms with Crippen LogP contribution in [0.5, 0.6) is 0 Å². The van der Waals surface area contributed by atoms with E-state index in [0.29, 0.717) is 18.7 Å². The fourth-order valence-electron chi connectivity index (χ4n) is 3.11. The van der Waals surface area contributed by atoms with Crippen molar-refractivity contribution >= 4 is 17.7 Å². The van der Waals surface area contributed by atoms with Gasteiger partial charge in [-0.3, -0.25) is 9.48 Å². The molecule has 1 saturated heterocycles. The number of amides is 1. The molecule has 0 bridgehead atoms. The van der Waals surface area contributed by atoms with Crippen molar-refractivity contribution in [2.24, 2.45) is 0 Å². The zero-order chi connectivity index (χ0) is 16.9. The Morgan fingerprint density at radius 2 is 2.33 bits per heavy atom. The SMILES string of the molecule is CSc1ncccc1C(=O)N1CCC[C@@H](c2ccn(CCO)n2)C1. The van der Waals surface area contributed by atoms with Crippen LogP contribution >= 0.6 is 11.8 Å². The van der Waals surface area contributed by atoms with Gasteiger partial charge in [0.25, 0.3) is 5.91 Å². The molecule has 0 saturated carbocycles. The Balaban J connectivity index is 1.73. The van der Waals surface area contributed by atoms with Gasteiger partial charge >= 0.3 is 0 Å². The number of hydrogen-bond acceptors (Lipinski definition) is 5. The molecule has 0 spiro atoms. The van der Waals surface area contributed by atoms with Gasteiger partial charge in [-0.1, -0.05) is 0 Å². The normalized spacial score (nSPS) is 17.9. The Labute approximate surface area is 145 Å². The molecule has 1 aliphatic rings. The Kier molecular flexibility index (Phi) is 5.52. The summed E-state index contributed by atoms with van der Waals surface area (Å²) in [7, 11) is 0. The van der Waals surface area contributed by atoms with Crippen molar-refractivity contribution in [3.63, 3.8) is 0 Å². The van der Waals surface area contributed by atoms with Crippen LogP contribution in [-0.4, -0.2) is 56.6 Å². The molecular weight excluding hydrogens is 324 g/mol. The number of thioether (sulfide) groups is 1. The second-order valence-corrected chi connectivity index (χ2v) is 6.67. The summed E-state index contributed by atoms with van der Waals surface area (Å²) in [6, 6.07) is 5.65. The van der Waals surface area contributed by atoms with Crippen molar-refractivity contribution in [2.75, 3.05) is 26.0 Å². The highest BCUT2D eigenvalue weighted by molar-refractivity contribution is 7.98. The molecule has 3 heterocycles. The largest absolute Gasteiger partial charge is 0.394 e. The molecule has 2 aromatic heterocycles. The lowest BCUT2D eigenvalue weighted by molar-refractivity contribution is 0.0701. The van der Waals surface area contributed by atoms with Crippen LogP contribution in [0.25, 0.3) is 0 Å². The molecule has 1 fully saturated rings. The van der Waals surface area contributed by atoms with Crippen LogP contribution in [0, 0.1) is 0 Å². The van der Waals surface area contributed by atoms with E-state index in [0.717, 1.165) is 30.1 Å². The summed E-state index contributed by atoms with van der Waals surface area (Å²) in [6.45, 7) is 2.03. The number of carbonyl (C=O) groups excluding carboxylic acids is 1. The maximum Gasteiger partial charge on any atom is 0.256 e. The van der Waals surface area contributed by atoms with Crippen LogP contribution in [0.1, 0.15) is 34.8 Å². The van der Waals surface area contributed by atoms with Crippen LogP contribution < -0.4 is 0 Å². The summed E-state index contributed by atoms with van der Waals surface area (Å²) in [6.07, 6.45) is 7.54. The topological polar surface area (TPSA) is 71.2 Å². The Hall–Kier alpha value is -1.86. The molecule has 0 radical (unpaired) electrons. The van der Waals surface area contributed by atoms with Crippen LogP contribution in [0.3, 0.4) is 0 Å². The minimum atomic E-state index is 0.0481. The fourth-order valence-corrected chi connectivity index (χ4v) is 3.65. The smallest absolute Gasteiger partial charge is 0.256 e. The van der Waals surface area contributed by atoms with E-state index >= 15 is 0 Å². The molecule has 24 heavy (non-hydrogen) atoms. The highest BCUT2D eigenvalue weighted by atomic mass is 32.2. The Morgan fingerprint density at radius 1 is 1.46 bits per heavy atom. The van der Waals surface area contributed by atoms with Gasteiger partial charge in [0.05, 0.1) is 24.4 Å². The molecule has 0 aliphatic carbocycles. The van der Waals surface area contributed by atoms with E-state index in [-0.39, 0.29) is 18.4 Å². The van der Waals surface area contributed by atoms with Gasteiger partial charge in [-0.25, -0.2) is 4.98 Å². The Bertz CT molecular complexity index is 703. The molecular formula is C17H22N4O2S. The van der Waals surface area contributed by atoms with Crippen molar-refractivity contribution in [1.82, 2.24) is 19.7 Å². The average molecular weight is 346 g/mol. The maximum absolute atomic E-state index is 12.9. The first-order valence-electron chi connectivity index (χ1n) is 8.15. The van der Waals surface area contributed by atoms with E-state index < -0.39 is 0 Å².